The van der Waals surface area contributed by atoms with Crippen molar-refractivity contribution in [3.8, 4) is 0 Å². The van der Waals surface area contributed by atoms with E-state index in [9.17, 15) is 14.4 Å². The SMILES string of the molecule is CC(=O)OC[C@]12C3CC(C)C4(CC(c5ccoc5)OC4=O)C1CCCC2C(=O)O3. The van der Waals surface area contributed by atoms with Crippen molar-refractivity contribution < 1.29 is 33.0 Å². The Hall–Kier alpha value is -2.31. The monoisotopic (exact) mass is 402 g/mol. The predicted molar refractivity (Wildman–Crippen MR) is 98.1 cm³/mol. The molecule has 7 atom stereocenters. The molecule has 156 valence electrons. The summed E-state index contributed by atoms with van der Waals surface area (Å²) in [5, 5.41) is 0. The summed E-state index contributed by atoms with van der Waals surface area (Å²) < 4.78 is 22.4. The third-order valence-corrected chi connectivity index (χ3v) is 8.09. The van der Waals surface area contributed by atoms with Crippen LogP contribution in [0.15, 0.2) is 23.0 Å². The second-order valence-electron chi connectivity index (χ2n) is 9.19. The molecule has 3 heterocycles. The van der Waals surface area contributed by atoms with Gasteiger partial charge in [-0.05, 0) is 37.2 Å². The zero-order valence-electron chi connectivity index (χ0n) is 16.7. The molecule has 5 rings (SSSR count). The molecule has 2 aliphatic carbocycles. The van der Waals surface area contributed by atoms with Crippen LogP contribution in [0.3, 0.4) is 0 Å². The fraction of sp³-hybridized carbons (Fsp3) is 0.682. The number of cyclic esters (lactones) is 1. The van der Waals surface area contributed by atoms with Crippen molar-refractivity contribution in [3.05, 3.63) is 24.2 Å². The van der Waals surface area contributed by atoms with Crippen LogP contribution in [0.2, 0.25) is 0 Å². The molecule has 4 aliphatic rings. The van der Waals surface area contributed by atoms with Crippen molar-refractivity contribution in [1.82, 2.24) is 0 Å². The number of furan rings is 1. The van der Waals surface area contributed by atoms with Crippen LogP contribution in [0.25, 0.3) is 0 Å². The standard InChI is InChI=1S/C22H26O7/c1-12-8-18-22(11-27-13(2)23)15(19(24)29-18)4-3-5-17(22)21(12)9-16(28-20(21)25)14-6-7-26-10-14/h6-7,10,12,15-18H,3-5,8-9,11H2,1-2H3/t12?,15?,16?,17?,18?,21?,22-/m1/s1. The Labute approximate surface area is 169 Å². The second-order valence-corrected chi connectivity index (χ2v) is 9.19. The van der Waals surface area contributed by atoms with Crippen molar-refractivity contribution in [2.45, 2.75) is 58.2 Å². The molecule has 4 fully saturated rings. The first-order valence-electron chi connectivity index (χ1n) is 10.5. The first-order chi connectivity index (χ1) is 13.9. The van der Waals surface area contributed by atoms with E-state index in [1.165, 1.54) is 6.92 Å². The molecule has 7 nitrogen and oxygen atoms in total. The van der Waals surface area contributed by atoms with E-state index in [1.807, 2.05) is 6.07 Å². The van der Waals surface area contributed by atoms with Gasteiger partial charge in [0, 0.05) is 18.9 Å². The Morgan fingerprint density at radius 2 is 2.10 bits per heavy atom. The van der Waals surface area contributed by atoms with Crippen LogP contribution in [-0.4, -0.2) is 30.6 Å². The average Bonchev–Trinajstić information content (AvgIpc) is 3.38. The van der Waals surface area contributed by atoms with Crippen molar-refractivity contribution in [2.75, 3.05) is 6.61 Å². The molecule has 0 N–H and O–H groups in total. The van der Waals surface area contributed by atoms with Crippen molar-refractivity contribution >= 4 is 17.9 Å². The zero-order valence-corrected chi connectivity index (χ0v) is 16.7. The summed E-state index contributed by atoms with van der Waals surface area (Å²) in [6, 6.07) is 1.83. The lowest BCUT2D eigenvalue weighted by atomic mass is 9.43. The second kappa shape index (κ2) is 6.34. The predicted octanol–water partition coefficient (Wildman–Crippen LogP) is 3.19. The number of carbonyl (C=O) groups is 3. The maximum atomic E-state index is 13.4. The quantitative estimate of drug-likeness (QED) is 0.566. The molecule has 2 saturated carbocycles. The number of hydrogen-bond donors (Lipinski definition) is 0. The number of hydrogen-bond acceptors (Lipinski definition) is 7. The van der Waals surface area contributed by atoms with Crippen LogP contribution in [0.5, 0.6) is 0 Å². The summed E-state index contributed by atoms with van der Waals surface area (Å²) in [6.07, 6.45) is 5.98. The molecule has 0 radical (unpaired) electrons. The molecule has 1 aromatic heterocycles. The van der Waals surface area contributed by atoms with E-state index in [0.29, 0.717) is 19.3 Å². The zero-order chi connectivity index (χ0) is 20.4. The van der Waals surface area contributed by atoms with Crippen molar-refractivity contribution in [1.29, 1.82) is 0 Å². The number of ether oxygens (including phenoxy) is 3. The van der Waals surface area contributed by atoms with Crippen molar-refractivity contribution in [3.63, 3.8) is 0 Å². The largest absolute Gasteiger partial charge is 0.472 e. The highest BCUT2D eigenvalue weighted by Gasteiger charge is 2.74. The maximum Gasteiger partial charge on any atom is 0.313 e. The molecule has 6 unspecified atom stereocenters. The van der Waals surface area contributed by atoms with E-state index in [0.717, 1.165) is 18.4 Å². The van der Waals surface area contributed by atoms with Gasteiger partial charge in [-0.2, -0.15) is 0 Å². The molecule has 0 bridgehead atoms. The Morgan fingerprint density at radius 1 is 1.28 bits per heavy atom. The number of rotatable bonds is 3. The van der Waals surface area contributed by atoms with Gasteiger partial charge in [0.1, 0.15) is 18.8 Å². The summed E-state index contributed by atoms with van der Waals surface area (Å²) in [7, 11) is 0. The third kappa shape index (κ3) is 2.39. The summed E-state index contributed by atoms with van der Waals surface area (Å²) in [6.45, 7) is 3.55. The molecular formula is C22H26O7. The van der Waals surface area contributed by atoms with Gasteiger partial charge in [-0.1, -0.05) is 13.3 Å². The highest BCUT2D eigenvalue weighted by atomic mass is 16.6. The molecule has 1 aromatic rings. The van der Waals surface area contributed by atoms with Gasteiger partial charge in [0.15, 0.2) is 0 Å². The Bertz CT molecular complexity index is 845. The van der Waals surface area contributed by atoms with Crippen LogP contribution >= 0.6 is 0 Å². The summed E-state index contributed by atoms with van der Waals surface area (Å²) in [4.78, 5) is 37.9. The smallest absolute Gasteiger partial charge is 0.313 e. The fourth-order valence-electron chi connectivity index (χ4n) is 6.83. The topological polar surface area (TPSA) is 92.0 Å². The Morgan fingerprint density at radius 3 is 2.83 bits per heavy atom. The fourth-order valence-corrected chi connectivity index (χ4v) is 6.83. The molecule has 29 heavy (non-hydrogen) atoms. The normalized spacial score (nSPS) is 43.0. The summed E-state index contributed by atoms with van der Waals surface area (Å²) in [5.74, 6) is -1.27. The van der Waals surface area contributed by atoms with Crippen LogP contribution in [0, 0.1) is 28.6 Å². The highest BCUT2D eigenvalue weighted by Crippen LogP contribution is 2.69. The maximum absolute atomic E-state index is 13.4. The minimum absolute atomic E-state index is 0.00277. The molecular weight excluding hydrogens is 376 g/mol. The van der Waals surface area contributed by atoms with E-state index in [1.54, 1.807) is 12.5 Å². The average molecular weight is 402 g/mol. The van der Waals surface area contributed by atoms with E-state index in [2.05, 4.69) is 6.92 Å². The van der Waals surface area contributed by atoms with E-state index in [4.69, 9.17) is 18.6 Å². The van der Waals surface area contributed by atoms with Gasteiger partial charge in [0.05, 0.1) is 29.3 Å². The van der Waals surface area contributed by atoms with Crippen LogP contribution in [0.4, 0.5) is 0 Å². The number of carbonyl (C=O) groups excluding carboxylic acids is 3. The summed E-state index contributed by atoms with van der Waals surface area (Å²) in [5.41, 5.74) is -0.520. The Kier molecular flexibility index (Phi) is 4.09. The van der Waals surface area contributed by atoms with Gasteiger partial charge in [-0.15, -0.1) is 0 Å². The molecule has 1 spiro atoms. The van der Waals surface area contributed by atoms with Crippen LogP contribution in [-0.2, 0) is 28.6 Å². The van der Waals surface area contributed by atoms with E-state index >= 15 is 0 Å². The lowest BCUT2D eigenvalue weighted by Crippen LogP contribution is -2.62. The minimum Gasteiger partial charge on any atom is -0.472 e. The molecule has 0 aromatic carbocycles. The molecule has 0 amide bonds. The lowest BCUT2D eigenvalue weighted by molar-refractivity contribution is -0.190. The number of esters is 3. The minimum atomic E-state index is -0.717. The van der Waals surface area contributed by atoms with E-state index < -0.39 is 10.8 Å². The lowest BCUT2D eigenvalue weighted by Gasteiger charge is -2.57. The van der Waals surface area contributed by atoms with E-state index in [-0.39, 0.29) is 54.5 Å². The third-order valence-electron chi connectivity index (χ3n) is 8.09. The number of fused-ring (bicyclic) bond motifs is 1. The van der Waals surface area contributed by atoms with Crippen LogP contribution in [0.1, 0.15) is 57.6 Å². The first kappa shape index (κ1) is 18.7. The molecule has 2 aliphatic heterocycles. The molecule has 7 heteroatoms. The van der Waals surface area contributed by atoms with Gasteiger partial charge in [-0.25, -0.2) is 0 Å². The first-order valence-corrected chi connectivity index (χ1v) is 10.5. The van der Waals surface area contributed by atoms with Gasteiger partial charge >= 0.3 is 17.9 Å². The van der Waals surface area contributed by atoms with Gasteiger partial charge in [0.2, 0.25) is 0 Å². The van der Waals surface area contributed by atoms with Gasteiger partial charge < -0.3 is 18.6 Å². The van der Waals surface area contributed by atoms with Gasteiger partial charge in [0.25, 0.3) is 0 Å². The highest BCUT2D eigenvalue weighted by molar-refractivity contribution is 5.83. The Balaban J connectivity index is 1.59. The van der Waals surface area contributed by atoms with Crippen molar-refractivity contribution in [2.24, 2.45) is 28.6 Å². The summed E-state index contributed by atoms with van der Waals surface area (Å²) >= 11 is 0. The van der Waals surface area contributed by atoms with Crippen LogP contribution < -0.4 is 0 Å². The molecule has 2 saturated heterocycles. The van der Waals surface area contributed by atoms with Gasteiger partial charge in [-0.3, -0.25) is 14.4 Å².